The second kappa shape index (κ2) is 7.78. The molecule has 26 heavy (non-hydrogen) atoms. The van der Waals surface area contributed by atoms with Crippen LogP contribution in [0.2, 0.25) is 0 Å². The molecule has 0 saturated carbocycles. The number of aromatic nitrogens is 2. The van der Waals surface area contributed by atoms with E-state index in [1.165, 1.54) is 0 Å². The van der Waals surface area contributed by atoms with E-state index in [0.29, 0.717) is 19.0 Å². The number of nitrogens with one attached hydrogen (secondary N) is 1. The molecule has 1 aromatic carbocycles. The van der Waals surface area contributed by atoms with Gasteiger partial charge in [-0.15, -0.1) is 0 Å². The fourth-order valence-electron chi connectivity index (χ4n) is 3.51. The lowest BCUT2D eigenvalue weighted by molar-refractivity contribution is -0.122. The Morgan fingerprint density at radius 2 is 2.08 bits per heavy atom. The lowest BCUT2D eigenvalue weighted by Crippen LogP contribution is -2.41. The summed E-state index contributed by atoms with van der Waals surface area (Å²) in [6, 6.07) is 7.71. The van der Waals surface area contributed by atoms with Crippen LogP contribution in [-0.2, 0) is 17.9 Å². The van der Waals surface area contributed by atoms with Gasteiger partial charge in [0.25, 0.3) is 0 Å². The molecule has 2 aliphatic heterocycles. The van der Waals surface area contributed by atoms with Gasteiger partial charge in [-0.3, -0.25) is 14.4 Å². The molecule has 0 radical (unpaired) electrons. The Morgan fingerprint density at radius 1 is 1.23 bits per heavy atom. The minimum absolute atomic E-state index is 0.0631. The highest BCUT2D eigenvalue weighted by Crippen LogP contribution is 2.32. The normalized spacial score (nSPS) is 17.4. The number of ether oxygens (including phenoxy) is 2. The first-order chi connectivity index (χ1) is 12.8. The lowest BCUT2D eigenvalue weighted by atomic mass is 9.97. The Balaban J connectivity index is 1.18. The van der Waals surface area contributed by atoms with E-state index in [9.17, 15) is 4.79 Å². The van der Waals surface area contributed by atoms with Gasteiger partial charge in [0.15, 0.2) is 11.5 Å². The van der Waals surface area contributed by atoms with Crippen LogP contribution < -0.4 is 14.8 Å². The predicted octanol–water partition coefficient (Wildman–Crippen LogP) is 1.64. The van der Waals surface area contributed by atoms with Gasteiger partial charge in [-0.05, 0) is 55.6 Å². The highest BCUT2D eigenvalue weighted by molar-refractivity contribution is 5.78. The van der Waals surface area contributed by atoms with Gasteiger partial charge in [0.2, 0.25) is 12.7 Å². The topological polar surface area (TPSA) is 68.6 Å². The highest BCUT2D eigenvalue weighted by Gasteiger charge is 2.21. The maximum atomic E-state index is 12.2. The van der Waals surface area contributed by atoms with E-state index in [1.807, 2.05) is 41.3 Å². The van der Waals surface area contributed by atoms with Gasteiger partial charge in [-0.1, -0.05) is 6.07 Å². The maximum Gasteiger partial charge on any atom is 0.234 e. The van der Waals surface area contributed by atoms with Crippen LogP contribution in [0.3, 0.4) is 0 Å². The monoisotopic (exact) mass is 356 g/mol. The third-order valence-electron chi connectivity index (χ3n) is 5.01. The predicted molar refractivity (Wildman–Crippen MR) is 95.8 cm³/mol. The zero-order valence-electron chi connectivity index (χ0n) is 14.8. The first-order valence-electron chi connectivity index (χ1n) is 9.11. The van der Waals surface area contributed by atoms with Gasteiger partial charge in [-0.2, -0.15) is 5.10 Å². The summed E-state index contributed by atoms with van der Waals surface area (Å²) >= 11 is 0. The third-order valence-corrected chi connectivity index (χ3v) is 5.01. The van der Waals surface area contributed by atoms with Crippen molar-refractivity contribution >= 4 is 5.91 Å². The molecule has 0 bridgehead atoms. The summed E-state index contributed by atoms with van der Waals surface area (Å²) in [5, 5.41) is 7.27. The molecule has 1 saturated heterocycles. The van der Waals surface area contributed by atoms with Crippen LogP contribution in [0.4, 0.5) is 0 Å². The number of amides is 1. The molecule has 7 nitrogen and oxygen atoms in total. The smallest absolute Gasteiger partial charge is 0.234 e. The molecule has 2 aromatic rings. The van der Waals surface area contributed by atoms with E-state index in [1.54, 1.807) is 0 Å². The van der Waals surface area contributed by atoms with E-state index in [0.717, 1.165) is 49.5 Å². The van der Waals surface area contributed by atoms with E-state index in [-0.39, 0.29) is 12.7 Å². The summed E-state index contributed by atoms with van der Waals surface area (Å²) in [7, 11) is 0. The number of benzene rings is 1. The average molecular weight is 356 g/mol. The van der Waals surface area contributed by atoms with Crippen molar-refractivity contribution in [3.8, 4) is 11.5 Å². The van der Waals surface area contributed by atoms with Gasteiger partial charge in [-0.25, -0.2) is 0 Å². The summed E-state index contributed by atoms with van der Waals surface area (Å²) in [6.07, 6.45) is 6.04. The molecule has 4 rings (SSSR count). The molecule has 2 aliphatic rings. The van der Waals surface area contributed by atoms with Gasteiger partial charge >= 0.3 is 0 Å². The molecule has 1 aromatic heterocycles. The molecule has 1 amide bonds. The van der Waals surface area contributed by atoms with E-state index in [4.69, 9.17) is 9.47 Å². The van der Waals surface area contributed by atoms with Crippen LogP contribution in [0.25, 0.3) is 0 Å². The number of fused-ring (bicyclic) bond motifs is 1. The number of nitrogens with zero attached hydrogens (tertiary/aromatic N) is 3. The Bertz CT molecular complexity index is 739. The zero-order chi connectivity index (χ0) is 17.8. The second-order valence-electron chi connectivity index (χ2n) is 6.91. The number of likely N-dealkylation sites (tertiary alicyclic amines) is 1. The number of hydrogen-bond donors (Lipinski definition) is 1. The standard InChI is InChI=1S/C19H24N4O3/c24-19(20-11-16-2-3-17-18(10-16)26-14-25-17)13-22-8-4-15(5-9-22)12-23-7-1-6-21-23/h1-3,6-7,10,15H,4-5,8-9,11-14H2,(H,20,24). The molecule has 3 heterocycles. The Labute approximate surface area is 152 Å². The van der Waals surface area contributed by atoms with Crippen LogP contribution in [0.5, 0.6) is 11.5 Å². The van der Waals surface area contributed by atoms with Crippen LogP contribution in [0.15, 0.2) is 36.7 Å². The minimum Gasteiger partial charge on any atom is -0.454 e. The number of hydrogen-bond acceptors (Lipinski definition) is 5. The van der Waals surface area contributed by atoms with E-state index in [2.05, 4.69) is 15.3 Å². The first-order valence-corrected chi connectivity index (χ1v) is 9.11. The molecule has 138 valence electrons. The molecule has 0 spiro atoms. The second-order valence-corrected chi connectivity index (χ2v) is 6.91. The van der Waals surface area contributed by atoms with Crippen molar-refractivity contribution in [2.45, 2.75) is 25.9 Å². The van der Waals surface area contributed by atoms with Crippen LogP contribution >= 0.6 is 0 Å². The van der Waals surface area contributed by atoms with Crippen molar-refractivity contribution in [2.24, 2.45) is 5.92 Å². The van der Waals surface area contributed by atoms with Crippen molar-refractivity contribution in [1.82, 2.24) is 20.0 Å². The van der Waals surface area contributed by atoms with E-state index < -0.39 is 0 Å². The number of piperidine rings is 1. The lowest BCUT2D eigenvalue weighted by Gasteiger charge is -2.31. The summed E-state index contributed by atoms with van der Waals surface area (Å²) in [5.41, 5.74) is 1.01. The Hall–Kier alpha value is -2.54. The fourth-order valence-corrected chi connectivity index (χ4v) is 3.51. The molecule has 7 heteroatoms. The Morgan fingerprint density at radius 3 is 2.88 bits per heavy atom. The molecule has 1 fully saturated rings. The number of rotatable bonds is 6. The summed E-state index contributed by atoms with van der Waals surface area (Å²) in [4.78, 5) is 14.5. The van der Waals surface area contributed by atoms with Crippen molar-refractivity contribution in [2.75, 3.05) is 26.4 Å². The van der Waals surface area contributed by atoms with Crippen molar-refractivity contribution in [1.29, 1.82) is 0 Å². The van der Waals surface area contributed by atoms with Crippen LogP contribution in [0.1, 0.15) is 18.4 Å². The Kier molecular flexibility index (Phi) is 5.06. The van der Waals surface area contributed by atoms with Crippen molar-refractivity contribution in [3.63, 3.8) is 0 Å². The highest BCUT2D eigenvalue weighted by atomic mass is 16.7. The minimum atomic E-state index is 0.0631. The largest absolute Gasteiger partial charge is 0.454 e. The third kappa shape index (κ3) is 4.16. The van der Waals surface area contributed by atoms with Crippen molar-refractivity contribution in [3.05, 3.63) is 42.2 Å². The van der Waals surface area contributed by atoms with Crippen molar-refractivity contribution < 1.29 is 14.3 Å². The van der Waals surface area contributed by atoms with Gasteiger partial charge in [0.05, 0.1) is 6.54 Å². The molecular formula is C19H24N4O3. The summed E-state index contributed by atoms with van der Waals surface area (Å²) < 4.78 is 12.7. The molecule has 0 atom stereocenters. The molecule has 0 aliphatic carbocycles. The zero-order valence-corrected chi connectivity index (χ0v) is 14.8. The SMILES string of the molecule is O=C(CN1CCC(Cn2cccn2)CC1)NCc1ccc2c(c1)OCO2. The average Bonchev–Trinajstić information content (AvgIpc) is 3.33. The van der Waals surface area contributed by atoms with E-state index >= 15 is 0 Å². The van der Waals surface area contributed by atoms with Crippen LogP contribution in [0, 0.1) is 5.92 Å². The number of carbonyl (C=O) groups is 1. The summed E-state index contributed by atoms with van der Waals surface area (Å²) in [6.45, 7) is 4.12. The van der Waals surface area contributed by atoms with Crippen LogP contribution in [-0.4, -0.2) is 47.0 Å². The van der Waals surface area contributed by atoms with Gasteiger partial charge < -0.3 is 14.8 Å². The number of carbonyl (C=O) groups excluding carboxylic acids is 1. The first kappa shape index (κ1) is 16.9. The maximum absolute atomic E-state index is 12.2. The van der Waals surface area contributed by atoms with Gasteiger partial charge in [0.1, 0.15) is 0 Å². The summed E-state index contributed by atoms with van der Waals surface area (Å²) in [5.74, 6) is 2.21. The quantitative estimate of drug-likeness (QED) is 0.852. The van der Waals surface area contributed by atoms with Gasteiger partial charge in [0, 0.05) is 25.5 Å². The molecular weight excluding hydrogens is 332 g/mol. The molecule has 0 unspecified atom stereocenters. The fraction of sp³-hybridized carbons (Fsp3) is 0.474. The molecule has 1 N–H and O–H groups in total.